The van der Waals surface area contributed by atoms with Crippen molar-refractivity contribution in [2.45, 2.75) is 23.5 Å². The highest BCUT2D eigenvalue weighted by molar-refractivity contribution is 8.00. The minimum Gasteiger partial charge on any atom is -0.366 e. The van der Waals surface area contributed by atoms with Gasteiger partial charge in [-0.15, -0.1) is 11.8 Å². The van der Waals surface area contributed by atoms with E-state index in [1.54, 1.807) is 78.9 Å². The third kappa shape index (κ3) is 8.65. The maximum Gasteiger partial charge on any atom is 0.276 e. The Kier molecular flexibility index (Phi) is 10.8. The first-order valence-electron chi connectivity index (χ1n) is 13.8. The van der Waals surface area contributed by atoms with Gasteiger partial charge in [-0.1, -0.05) is 55.5 Å². The van der Waals surface area contributed by atoms with Crippen LogP contribution >= 0.6 is 11.8 Å². The first kappa shape index (κ1) is 32.2. The SMILES string of the molecule is CCC(Sc1cccc(NC(=O)/C(=C\c2ccccc2[N+](=O)[O-])NC(=O)c2ccccc2)c1)C(=O)Nc1ccccc1C(N)=O. The number of nitrogens with two attached hydrogens (primary N) is 1. The summed E-state index contributed by atoms with van der Waals surface area (Å²) in [4.78, 5) is 63.0. The van der Waals surface area contributed by atoms with Crippen molar-refractivity contribution in [2.24, 2.45) is 5.73 Å². The number of para-hydroxylation sites is 2. The first-order valence-corrected chi connectivity index (χ1v) is 14.6. The van der Waals surface area contributed by atoms with Gasteiger partial charge in [0.25, 0.3) is 23.4 Å². The number of carbonyl (C=O) groups excluding carboxylic acids is 4. The molecule has 228 valence electrons. The molecule has 0 aliphatic rings. The van der Waals surface area contributed by atoms with Crippen LogP contribution in [-0.2, 0) is 9.59 Å². The fourth-order valence-corrected chi connectivity index (χ4v) is 5.24. The third-order valence-corrected chi connectivity index (χ3v) is 7.80. The van der Waals surface area contributed by atoms with E-state index in [-0.39, 0.29) is 28.4 Å². The lowest BCUT2D eigenvalue weighted by Gasteiger charge is -2.17. The number of benzene rings is 4. The van der Waals surface area contributed by atoms with Gasteiger partial charge >= 0.3 is 0 Å². The summed E-state index contributed by atoms with van der Waals surface area (Å²) in [5.41, 5.74) is 6.27. The number of rotatable bonds is 12. The Hall–Kier alpha value is -5.75. The summed E-state index contributed by atoms with van der Waals surface area (Å²) in [5.74, 6) is -2.28. The van der Waals surface area contributed by atoms with Crippen LogP contribution in [0.3, 0.4) is 0 Å². The van der Waals surface area contributed by atoms with Crippen molar-refractivity contribution in [2.75, 3.05) is 10.6 Å². The van der Waals surface area contributed by atoms with Crippen LogP contribution in [0.5, 0.6) is 0 Å². The van der Waals surface area contributed by atoms with Gasteiger partial charge in [0.05, 0.1) is 27.0 Å². The third-order valence-electron chi connectivity index (χ3n) is 6.45. The molecule has 5 N–H and O–H groups in total. The Balaban J connectivity index is 1.55. The molecule has 0 aliphatic heterocycles. The number of amides is 4. The number of thioether (sulfide) groups is 1. The highest BCUT2D eigenvalue weighted by atomic mass is 32.2. The monoisotopic (exact) mass is 623 g/mol. The van der Waals surface area contributed by atoms with E-state index in [4.69, 9.17) is 5.73 Å². The Labute approximate surface area is 263 Å². The van der Waals surface area contributed by atoms with Gasteiger partial charge in [0.1, 0.15) is 5.70 Å². The highest BCUT2D eigenvalue weighted by Crippen LogP contribution is 2.29. The molecule has 11 nitrogen and oxygen atoms in total. The maximum atomic E-state index is 13.5. The molecule has 0 bridgehead atoms. The summed E-state index contributed by atoms with van der Waals surface area (Å²) in [6, 6.07) is 27.3. The summed E-state index contributed by atoms with van der Waals surface area (Å²) in [6.07, 6.45) is 1.70. The summed E-state index contributed by atoms with van der Waals surface area (Å²) in [6.45, 7) is 1.85. The number of nitrogens with zero attached hydrogens (tertiary/aromatic N) is 1. The average Bonchev–Trinajstić information content (AvgIpc) is 3.04. The summed E-state index contributed by atoms with van der Waals surface area (Å²) in [5, 5.41) is 19.1. The van der Waals surface area contributed by atoms with Gasteiger partial charge in [0.2, 0.25) is 5.91 Å². The molecular formula is C33H29N5O6S. The quantitative estimate of drug-likeness (QED) is 0.0686. The van der Waals surface area contributed by atoms with Crippen LogP contribution < -0.4 is 21.7 Å². The Bertz CT molecular complexity index is 1780. The van der Waals surface area contributed by atoms with Crippen molar-refractivity contribution in [3.8, 4) is 0 Å². The van der Waals surface area contributed by atoms with Crippen LogP contribution in [-0.4, -0.2) is 33.8 Å². The molecule has 4 aromatic carbocycles. The number of primary amides is 1. The first-order chi connectivity index (χ1) is 21.7. The van der Waals surface area contributed by atoms with E-state index in [2.05, 4.69) is 16.0 Å². The Morgan fingerprint density at radius 1 is 0.889 bits per heavy atom. The molecule has 0 saturated heterocycles. The van der Waals surface area contributed by atoms with Gasteiger partial charge in [-0.2, -0.15) is 0 Å². The summed E-state index contributed by atoms with van der Waals surface area (Å²) in [7, 11) is 0. The lowest BCUT2D eigenvalue weighted by molar-refractivity contribution is -0.385. The summed E-state index contributed by atoms with van der Waals surface area (Å²) >= 11 is 1.26. The van der Waals surface area contributed by atoms with E-state index >= 15 is 0 Å². The van der Waals surface area contributed by atoms with E-state index < -0.39 is 27.9 Å². The Morgan fingerprint density at radius 3 is 2.29 bits per heavy atom. The molecule has 0 aromatic heterocycles. The van der Waals surface area contributed by atoms with Crippen LogP contribution in [0.2, 0.25) is 0 Å². The van der Waals surface area contributed by atoms with Gasteiger partial charge < -0.3 is 21.7 Å². The number of anilines is 2. The largest absolute Gasteiger partial charge is 0.366 e. The molecule has 0 fully saturated rings. The number of carbonyl (C=O) groups is 4. The number of nitro groups is 1. The second-order valence-corrected chi connectivity index (χ2v) is 10.9. The standard InChI is InChI=1S/C33H29N5O6S/c1-2-29(33(42)36-26-17-8-7-16-25(26)30(34)39)45-24-15-10-14-23(20-24)35-32(41)27(37-31(40)21-11-4-3-5-12-21)19-22-13-6-9-18-28(22)38(43)44/h3-20,29H,2H2,1H3,(H2,34,39)(H,35,41)(H,36,42)(H,37,40)/b27-19+. The van der Waals surface area contributed by atoms with E-state index in [0.717, 1.165) is 0 Å². The Morgan fingerprint density at radius 2 is 1.58 bits per heavy atom. The van der Waals surface area contributed by atoms with E-state index in [9.17, 15) is 29.3 Å². The molecule has 45 heavy (non-hydrogen) atoms. The van der Waals surface area contributed by atoms with Crippen molar-refractivity contribution in [1.29, 1.82) is 0 Å². The molecule has 0 aliphatic carbocycles. The van der Waals surface area contributed by atoms with Crippen molar-refractivity contribution >= 4 is 58.5 Å². The number of nitrogens with one attached hydrogen (secondary N) is 3. The van der Waals surface area contributed by atoms with Crippen LogP contribution in [0.1, 0.15) is 39.6 Å². The van der Waals surface area contributed by atoms with Crippen LogP contribution in [0.25, 0.3) is 6.08 Å². The van der Waals surface area contributed by atoms with Crippen LogP contribution in [0.4, 0.5) is 17.1 Å². The topological polar surface area (TPSA) is 174 Å². The molecule has 0 heterocycles. The molecule has 4 rings (SSSR count). The molecule has 0 spiro atoms. The second kappa shape index (κ2) is 15.1. The number of hydrogen-bond acceptors (Lipinski definition) is 7. The zero-order valence-electron chi connectivity index (χ0n) is 24.1. The predicted octanol–water partition coefficient (Wildman–Crippen LogP) is 5.61. The normalized spacial score (nSPS) is 11.6. The zero-order valence-corrected chi connectivity index (χ0v) is 24.9. The lowest BCUT2D eigenvalue weighted by atomic mass is 10.1. The lowest BCUT2D eigenvalue weighted by Crippen LogP contribution is -2.30. The molecule has 0 saturated carbocycles. The molecule has 4 aromatic rings. The average molecular weight is 624 g/mol. The second-order valence-electron chi connectivity index (χ2n) is 9.59. The van der Waals surface area contributed by atoms with Crippen molar-refractivity contribution in [1.82, 2.24) is 5.32 Å². The minimum atomic E-state index is -0.715. The van der Waals surface area contributed by atoms with Crippen molar-refractivity contribution < 1.29 is 24.1 Å². The molecule has 4 amide bonds. The molecule has 1 unspecified atom stereocenters. The van der Waals surface area contributed by atoms with Crippen LogP contribution in [0, 0.1) is 10.1 Å². The van der Waals surface area contributed by atoms with E-state index in [1.165, 1.54) is 42.1 Å². The number of hydrogen-bond donors (Lipinski definition) is 4. The van der Waals surface area contributed by atoms with Crippen molar-refractivity contribution in [3.63, 3.8) is 0 Å². The molecule has 12 heteroatoms. The molecular weight excluding hydrogens is 594 g/mol. The minimum absolute atomic E-state index is 0.125. The zero-order chi connectivity index (χ0) is 32.3. The fraction of sp³-hybridized carbons (Fsp3) is 0.0909. The highest BCUT2D eigenvalue weighted by Gasteiger charge is 2.21. The van der Waals surface area contributed by atoms with Gasteiger partial charge in [-0.25, -0.2) is 0 Å². The van der Waals surface area contributed by atoms with E-state index in [1.807, 2.05) is 6.92 Å². The van der Waals surface area contributed by atoms with Gasteiger partial charge in [-0.3, -0.25) is 29.3 Å². The fourth-order valence-electron chi connectivity index (χ4n) is 4.23. The number of nitro benzene ring substituents is 1. The van der Waals surface area contributed by atoms with Gasteiger partial charge in [0, 0.05) is 22.2 Å². The van der Waals surface area contributed by atoms with Gasteiger partial charge in [-0.05, 0) is 61.0 Å². The maximum absolute atomic E-state index is 13.5. The van der Waals surface area contributed by atoms with Crippen molar-refractivity contribution in [3.05, 3.63) is 136 Å². The smallest absolute Gasteiger partial charge is 0.276 e. The summed E-state index contributed by atoms with van der Waals surface area (Å²) < 4.78 is 0. The predicted molar refractivity (Wildman–Crippen MR) is 174 cm³/mol. The van der Waals surface area contributed by atoms with Gasteiger partial charge in [0.15, 0.2) is 0 Å². The molecule has 1 atom stereocenters. The van der Waals surface area contributed by atoms with E-state index in [0.29, 0.717) is 28.3 Å². The van der Waals surface area contributed by atoms with Crippen LogP contribution in [0.15, 0.2) is 114 Å². The molecule has 0 radical (unpaired) electrons.